The number of nitrogens with two attached hydrogens (primary N) is 1. The van der Waals surface area contributed by atoms with E-state index in [0.717, 1.165) is 6.07 Å². The van der Waals surface area contributed by atoms with Crippen LogP contribution in [0.4, 0.5) is 4.39 Å². The average molecular weight is 346 g/mol. The summed E-state index contributed by atoms with van der Waals surface area (Å²) in [7, 11) is -1.21. The smallest absolute Gasteiger partial charge is 0.246 e. The molecule has 1 aromatic carbocycles. The lowest BCUT2D eigenvalue weighted by atomic mass is 9.88. The van der Waals surface area contributed by atoms with Gasteiger partial charge in [-0.2, -0.15) is 4.31 Å². The highest BCUT2D eigenvalue weighted by Crippen LogP contribution is 2.34. The number of ether oxygens (including phenoxy) is 2. The van der Waals surface area contributed by atoms with Crippen molar-refractivity contribution in [1.29, 1.82) is 0 Å². The first-order chi connectivity index (χ1) is 10.8. The van der Waals surface area contributed by atoms with E-state index in [1.165, 1.54) is 24.6 Å². The summed E-state index contributed by atoms with van der Waals surface area (Å²) in [6, 6.07) is 2.19. The molecule has 6 nitrogen and oxygen atoms in total. The van der Waals surface area contributed by atoms with E-state index in [9.17, 15) is 12.8 Å². The largest absolute Gasteiger partial charge is 0.493 e. The molecular weight excluding hydrogens is 323 g/mol. The Labute approximate surface area is 136 Å². The molecule has 1 heterocycles. The molecule has 23 heavy (non-hydrogen) atoms. The van der Waals surface area contributed by atoms with Crippen molar-refractivity contribution >= 4 is 10.0 Å². The first-order valence-corrected chi connectivity index (χ1v) is 8.90. The molecule has 1 aliphatic rings. The molecule has 0 radical (unpaired) electrons. The lowest BCUT2D eigenvalue weighted by Crippen LogP contribution is -2.45. The minimum Gasteiger partial charge on any atom is -0.493 e. The van der Waals surface area contributed by atoms with Crippen LogP contribution in [0.25, 0.3) is 0 Å². The maximum Gasteiger partial charge on any atom is 0.246 e. The average Bonchev–Trinajstić information content (AvgIpc) is 2.54. The van der Waals surface area contributed by atoms with Gasteiger partial charge >= 0.3 is 0 Å². The van der Waals surface area contributed by atoms with Gasteiger partial charge in [0, 0.05) is 25.2 Å². The van der Waals surface area contributed by atoms with Gasteiger partial charge in [-0.3, -0.25) is 0 Å². The molecular formula is C15H23FN2O4S. The van der Waals surface area contributed by atoms with Crippen molar-refractivity contribution in [3.05, 3.63) is 17.9 Å². The van der Waals surface area contributed by atoms with Gasteiger partial charge in [-0.15, -0.1) is 0 Å². The zero-order valence-corrected chi connectivity index (χ0v) is 14.4. The van der Waals surface area contributed by atoms with Crippen LogP contribution in [0.2, 0.25) is 0 Å². The van der Waals surface area contributed by atoms with Crippen molar-refractivity contribution in [3.8, 4) is 11.5 Å². The van der Waals surface area contributed by atoms with Gasteiger partial charge < -0.3 is 15.2 Å². The van der Waals surface area contributed by atoms with Gasteiger partial charge in [0.15, 0.2) is 11.5 Å². The number of rotatable bonds is 5. The van der Waals surface area contributed by atoms with E-state index < -0.39 is 20.7 Å². The summed E-state index contributed by atoms with van der Waals surface area (Å²) < 4.78 is 51.2. The van der Waals surface area contributed by atoms with E-state index in [1.807, 2.05) is 0 Å². The number of halogens is 1. The number of hydrogen-bond acceptors (Lipinski definition) is 5. The molecule has 0 amide bonds. The Morgan fingerprint density at radius 3 is 2.48 bits per heavy atom. The summed E-state index contributed by atoms with van der Waals surface area (Å²) in [5.41, 5.74) is 5.72. The van der Waals surface area contributed by atoms with Gasteiger partial charge in [-0.25, -0.2) is 12.8 Å². The van der Waals surface area contributed by atoms with Gasteiger partial charge in [-0.1, -0.05) is 6.92 Å². The van der Waals surface area contributed by atoms with Crippen molar-refractivity contribution < 1.29 is 22.3 Å². The Morgan fingerprint density at radius 1 is 1.30 bits per heavy atom. The third-order valence-corrected chi connectivity index (χ3v) is 6.32. The molecule has 0 aromatic heterocycles. The molecule has 1 fully saturated rings. The quantitative estimate of drug-likeness (QED) is 0.873. The standard InChI is InChI=1S/C15H23FN2O4S/c1-10-4-5-18(9-11(10)8-17)23(19,20)15-7-14(22-3)13(21-2)6-12(15)16/h6-7,10-11H,4-5,8-9,17H2,1-3H3. The molecule has 2 atom stereocenters. The summed E-state index contributed by atoms with van der Waals surface area (Å²) in [6.45, 7) is 3.11. The minimum absolute atomic E-state index is 0.0710. The molecule has 0 saturated carbocycles. The number of nitrogens with zero attached hydrogens (tertiary/aromatic N) is 1. The Kier molecular flexibility index (Phi) is 5.49. The Bertz CT molecular complexity index is 666. The lowest BCUT2D eigenvalue weighted by molar-refractivity contribution is 0.203. The monoisotopic (exact) mass is 346 g/mol. The van der Waals surface area contributed by atoms with Gasteiger partial charge in [0.05, 0.1) is 14.2 Å². The van der Waals surface area contributed by atoms with Crippen LogP contribution in [-0.4, -0.2) is 46.6 Å². The summed E-state index contributed by atoms with van der Waals surface area (Å²) in [5, 5.41) is 0. The molecule has 0 aliphatic carbocycles. The zero-order chi connectivity index (χ0) is 17.2. The second-order valence-electron chi connectivity index (χ2n) is 5.76. The van der Waals surface area contributed by atoms with Crippen molar-refractivity contribution in [3.63, 3.8) is 0 Å². The van der Waals surface area contributed by atoms with Gasteiger partial charge in [-0.05, 0) is 24.8 Å². The van der Waals surface area contributed by atoms with Crippen LogP contribution in [0.3, 0.4) is 0 Å². The highest BCUT2D eigenvalue weighted by Gasteiger charge is 2.35. The lowest BCUT2D eigenvalue weighted by Gasteiger charge is -2.35. The highest BCUT2D eigenvalue weighted by molar-refractivity contribution is 7.89. The van der Waals surface area contributed by atoms with Crippen LogP contribution in [0, 0.1) is 17.7 Å². The third-order valence-electron chi connectivity index (χ3n) is 4.44. The third kappa shape index (κ3) is 3.44. The maximum absolute atomic E-state index is 14.3. The number of piperidine rings is 1. The van der Waals surface area contributed by atoms with E-state index in [-0.39, 0.29) is 17.4 Å². The zero-order valence-electron chi connectivity index (χ0n) is 13.6. The normalized spacial score (nSPS) is 22.8. The first-order valence-electron chi connectivity index (χ1n) is 7.46. The molecule has 1 aliphatic heterocycles. The molecule has 2 N–H and O–H groups in total. The first kappa shape index (κ1) is 18.0. The fraction of sp³-hybridized carbons (Fsp3) is 0.600. The van der Waals surface area contributed by atoms with Crippen molar-refractivity contribution in [2.24, 2.45) is 17.6 Å². The van der Waals surface area contributed by atoms with Crippen LogP contribution in [0.15, 0.2) is 17.0 Å². The molecule has 2 rings (SSSR count). The van der Waals surface area contributed by atoms with Crippen molar-refractivity contribution in [2.45, 2.75) is 18.2 Å². The summed E-state index contributed by atoms with van der Waals surface area (Å²) >= 11 is 0. The van der Waals surface area contributed by atoms with Crippen LogP contribution in [-0.2, 0) is 10.0 Å². The van der Waals surface area contributed by atoms with Gasteiger partial charge in [0.1, 0.15) is 10.7 Å². The number of hydrogen-bond donors (Lipinski definition) is 1. The molecule has 0 bridgehead atoms. The molecule has 0 spiro atoms. The molecule has 1 aromatic rings. The fourth-order valence-electron chi connectivity index (χ4n) is 2.81. The van der Waals surface area contributed by atoms with Crippen LogP contribution in [0.5, 0.6) is 11.5 Å². The Morgan fingerprint density at radius 2 is 1.91 bits per heavy atom. The van der Waals surface area contributed by atoms with E-state index in [0.29, 0.717) is 32.0 Å². The highest BCUT2D eigenvalue weighted by atomic mass is 32.2. The van der Waals surface area contributed by atoms with E-state index >= 15 is 0 Å². The number of benzene rings is 1. The van der Waals surface area contributed by atoms with Crippen molar-refractivity contribution in [1.82, 2.24) is 4.31 Å². The summed E-state index contributed by atoms with van der Waals surface area (Å²) in [6.07, 6.45) is 0.704. The molecule has 130 valence electrons. The van der Waals surface area contributed by atoms with Crippen LogP contribution >= 0.6 is 0 Å². The van der Waals surface area contributed by atoms with Crippen LogP contribution in [0.1, 0.15) is 13.3 Å². The molecule has 2 unspecified atom stereocenters. The van der Waals surface area contributed by atoms with Gasteiger partial charge in [0.2, 0.25) is 10.0 Å². The molecule has 1 saturated heterocycles. The number of methoxy groups -OCH3 is 2. The Balaban J connectivity index is 2.40. The van der Waals surface area contributed by atoms with Crippen LogP contribution < -0.4 is 15.2 Å². The topological polar surface area (TPSA) is 81.9 Å². The maximum atomic E-state index is 14.3. The van der Waals surface area contributed by atoms with Gasteiger partial charge in [0.25, 0.3) is 0 Å². The molecule has 8 heteroatoms. The fourth-order valence-corrected chi connectivity index (χ4v) is 4.39. The Hall–Kier alpha value is -1.38. The van der Waals surface area contributed by atoms with Crippen molar-refractivity contribution in [2.75, 3.05) is 33.9 Å². The van der Waals surface area contributed by atoms with E-state index in [4.69, 9.17) is 15.2 Å². The minimum atomic E-state index is -3.95. The SMILES string of the molecule is COc1cc(F)c(S(=O)(=O)N2CCC(C)C(CN)C2)cc1OC. The summed E-state index contributed by atoms with van der Waals surface area (Å²) in [4.78, 5) is -0.402. The predicted molar refractivity (Wildman–Crippen MR) is 84.6 cm³/mol. The second-order valence-corrected chi connectivity index (χ2v) is 7.67. The predicted octanol–water partition coefficient (Wildman–Crippen LogP) is 1.45. The van der Waals surface area contributed by atoms with E-state index in [2.05, 4.69) is 6.92 Å². The second kappa shape index (κ2) is 7.02. The summed E-state index contributed by atoms with van der Waals surface area (Å²) in [5.74, 6) is -0.113. The van der Waals surface area contributed by atoms with E-state index in [1.54, 1.807) is 0 Å². The number of sulfonamides is 1.